The summed E-state index contributed by atoms with van der Waals surface area (Å²) in [5, 5.41) is 0. The summed E-state index contributed by atoms with van der Waals surface area (Å²) < 4.78 is 25.6. The molecule has 0 atom stereocenters. The molecule has 2 rings (SSSR count). The Bertz CT molecular complexity index is 427. The van der Waals surface area contributed by atoms with E-state index in [4.69, 9.17) is 9.31 Å². The van der Waals surface area contributed by atoms with Gasteiger partial charge >= 0.3 is 7.12 Å². The van der Waals surface area contributed by atoms with Crippen molar-refractivity contribution in [2.45, 2.75) is 45.8 Å². The lowest BCUT2D eigenvalue weighted by Crippen LogP contribution is -2.41. The third-order valence-electron chi connectivity index (χ3n) is 3.73. The van der Waals surface area contributed by atoms with Crippen LogP contribution in [0, 0.1) is 12.7 Å². The summed E-state index contributed by atoms with van der Waals surface area (Å²) >= 11 is 0. The molecule has 0 amide bonds. The number of halogens is 1. The van der Waals surface area contributed by atoms with Crippen molar-refractivity contribution in [3.8, 4) is 0 Å². The van der Waals surface area contributed by atoms with Crippen LogP contribution in [-0.2, 0) is 9.31 Å². The molecular weight excluding hydrogens is 218 g/mol. The Morgan fingerprint density at radius 2 is 1.59 bits per heavy atom. The third-order valence-corrected chi connectivity index (χ3v) is 3.73. The molecule has 0 unspecified atom stereocenters. The van der Waals surface area contributed by atoms with Crippen molar-refractivity contribution in [1.82, 2.24) is 0 Å². The van der Waals surface area contributed by atoms with Crippen LogP contribution in [0.15, 0.2) is 18.2 Å². The van der Waals surface area contributed by atoms with E-state index in [1.54, 1.807) is 19.1 Å². The summed E-state index contributed by atoms with van der Waals surface area (Å²) in [5.41, 5.74) is 0.211. The van der Waals surface area contributed by atoms with Crippen molar-refractivity contribution in [3.05, 3.63) is 29.6 Å². The molecule has 1 aromatic carbocycles. The van der Waals surface area contributed by atoms with Gasteiger partial charge in [0.05, 0.1) is 11.2 Å². The molecule has 0 bridgehead atoms. The predicted octanol–water partition coefficient (Wildman–Crippen LogP) is 2.43. The number of aryl methyl sites for hydroxylation is 1. The topological polar surface area (TPSA) is 18.5 Å². The van der Waals surface area contributed by atoms with Crippen LogP contribution in [-0.4, -0.2) is 18.3 Å². The maximum atomic E-state index is 14.0. The largest absolute Gasteiger partial charge is 0.497 e. The van der Waals surface area contributed by atoms with E-state index in [-0.39, 0.29) is 5.82 Å². The van der Waals surface area contributed by atoms with Crippen LogP contribution in [0.5, 0.6) is 0 Å². The van der Waals surface area contributed by atoms with Gasteiger partial charge in [-0.05, 0) is 40.2 Å². The minimum Gasteiger partial charge on any atom is -0.399 e. The van der Waals surface area contributed by atoms with E-state index in [2.05, 4.69) is 0 Å². The zero-order chi connectivity index (χ0) is 12.8. The van der Waals surface area contributed by atoms with E-state index in [0.29, 0.717) is 11.0 Å². The molecule has 0 spiro atoms. The van der Waals surface area contributed by atoms with Crippen LogP contribution in [0.3, 0.4) is 0 Å². The van der Waals surface area contributed by atoms with Gasteiger partial charge in [-0.15, -0.1) is 0 Å². The Kier molecular flexibility index (Phi) is 2.83. The van der Waals surface area contributed by atoms with Crippen LogP contribution in [0.4, 0.5) is 4.39 Å². The first kappa shape index (κ1) is 12.6. The van der Waals surface area contributed by atoms with E-state index in [9.17, 15) is 4.39 Å². The fourth-order valence-corrected chi connectivity index (χ4v) is 1.82. The molecule has 1 aliphatic heterocycles. The van der Waals surface area contributed by atoms with Crippen molar-refractivity contribution >= 4 is 12.6 Å². The molecule has 0 N–H and O–H groups in total. The summed E-state index contributed by atoms with van der Waals surface area (Å²) in [6.45, 7) is 9.58. The Labute approximate surface area is 102 Å². The Morgan fingerprint density at radius 1 is 1.06 bits per heavy atom. The van der Waals surface area contributed by atoms with E-state index in [1.165, 1.54) is 0 Å². The normalized spacial score (nSPS) is 21.9. The minimum atomic E-state index is -0.625. The molecule has 17 heavy (non-hydrogen) atoms. The first-order valence-electron chi connectivity index (χ1n) is 5.85. The molecule has 92 valence electrons. The highest BCUT2D eigenvalue weighted by atomic mass is 19.1. The second-order valence-corrected chi connectivity index (χ2v) is 5.57. The third kappa shape index (κ3) is 2.00. The summed E-state index contributed by atoms with van der Waals surface area (Å²) in [7, 11) is -0.625. The number of hydrogen-bond acceptors (Lipinski definition) is 2. The highest BCUT2D eigenvalue weighted by Gasteiger charge is 2.52. The summed E-state index contributed by atoms with van der Waals surface area (Å²) in [5.74, 6) is -0.244. The fourth-order valence-electron chi connectivity index (χ4n) is 1.82. The molecule has 1 saturated heterocycles. The van der Waals surface area contributed by atoms with Crippen LogP contribution in [0.2, 0.25) is 0 Å². The van der Waals surface area contributed by atoms with E-state index >= 15 is 0 Å². The van der Waals surface area contributed by atoms with E-state index in [1.807, 2.05) is 33.8 Å². The number of hydrogen-bond donors (Lipinski definition) is 0. The zero-order valence-corrected chi connectivity index (χ0v) is 11.0. The standard InChI is InChI=1S/C13H18BFO2/c1-9-7-6-8-10(11(9)15)14-16-12(2,3)13(4,5)17-14/h6-8H,1-5H3. The highest BCUT2D eigenvalue weighted by molar-refractivity contribution is 6.62. The van der Waals surface area contributed by atoms with Crippen molar-refractivity contribution < 1.29 is 13.7 Å². The Balaban J connectivity index is 2.36. The Morgan fingerprint density at radius 3 is 2.12 bits per heavy atom. The van der Waals surface area contributed by atoms with Crippen molar-refractivity contribution in [2.75, 3.05) is 0 Å². The van der Waals surface area contributed by atoms with Gasteiger partial charge in [-0.2, -0.15) is 0 Å². The lowest BCUT2D eigenvalue weighted by molar-refractivity contribution is 0.00578. The maximum absolute atomic E-state index is 14.0. The average molecular weight is 236 g/mol. The first-order chi connectivity index (χ1) is 7.74. The quantitative estimate of drug-likeness (QED) is 0.697. The maximum Gasteiger partial charge on any atom is 0.497 e. The first-order valence-corrected chi connectivity index (χ1v) is 5.85. The Hall–Kier alpha value is -0.865. The number of rotatable bonds is 1. The van der Waals surface area contributed by atoms with Gasteiger partial charge in [-0.25, -0.2) is 4.39 Å². The molecule has 1 heterocycles. The fraction of sp³-hybridized carbons (Fsp3) is 0.538. The van der Waals surface area contributed by atoms with Gasteiger partial charge in [-0.1, -0.05) is 18.2 Å². The summed E-state index contributed by atoms with van der Waals surface area (Å²) in [6.07, 6.45) is 0. The minimum absolute atomic E-state index is 0.244. The summed E-state index contributed by atoms with van der Waals surface area (Å²) in [4.78, 5) is 0. The van der Waals surface area contributed by atoms with Crippen LogP contribution in [0.1, 0.15) is 33.3 Å². The molecule has 0 aliphatic carbocycles. The van der Waals surface area contributed by atoms with Gasteiger partial charge in [0.2, 0.25) is 0 Å². The van der Waals surface area contributed by atoms with Crippen molar-refractivity contribution in [2.24, 2.45) is 0 Å². The molecule has 1 aromatic rings. The van der Waals surface area contributed by atoms with Crippen molar-refractivity contribution in [1.29, 1.82) is 0 Å². The second-order valence-electron chi connectivity index (χ2n) is 5.57. The molecule has 0 aromatic heterocycles. The average Bonchev–Trinajstić information content (AvgIpc) is 2.40. The van der Waals surface area contributed by atoms with Gasteiger partial charge in [-0.3, -0.25) is 0 Å². The van der Waals surface area contributed by atoms with Crippen LogP contribution in [0.25, 0.3) is 0 Å². The van der Waals surface area contributed by atoms with E-state index < -0.39 is 18.3 Å². The van der Waals surface area contributed by atoms with Crippen LogP contribution >= 0.6 is 0 Å². The van der Waals surface area contributed by atoms with Gasteiger partial charge in [0.15, 0.2) is 0 Å². The lowest BCUT2D eigenvalue weighted by atomic mass is 9.78. The van der Waals surface area contributed by atoms with Crippen LogP contribution < -0.4 is 5.46 Å². The molecule has 0 radical (unpaired) electrons. The SMILES string of the molecule is Cc1cccc(B2OC(C)(C)C(C)(C)O2)c1F. The molecule has 0 saturated carbocycles. The second kappa shape index (κ2) is 3.82. The molecule has 1 fully saturated rings. The van der Waals surface area contributed by atoms with Gasteiger partial charge in [0, 0.05) is 5.46 Å². The molecule has 1 aliphatic rings. The lowest BCUT2D eigenvalue weighted by Gasteiger charge is -2.32. The van der Waals surface area contributed by atoms with Gasteiger partial charge < -0.3 is 9.31 Å². The highest BCUT2D eigenvalue weighted by Crippen LogP contribution is 2.36. The molecule has 2 nitrogen and oxygen atoms in total. The van der Waals surface area contributed by atoms with E-state index in [0.717, 1.165) is 0 Å². The molecule has 4 heteroatoms. The zero-order valence-electron chi connectivity index (χ0n) is 11.0. The van der Waals surface area contributed by atoms with Gasteiger partial charge in [0.1, 0.15) is 5.82 Å². The van der Waals surface area contributed by atoms with Gasteiger partial charge in [0.25, 0.3) is 0 Å². The smallest absolute Gasteiger partial charge is 0.399 e. The number of benzene rings is 1. The summed E-state index contributed by atoms with van der Waals surface area (Å²) in [6, 6.07) is 5.27. The monoisotopic (exact) mass is 236 g/mol. The molecular formula is C13H18BFO2. The predicted molar refractivity (Wildman–Crippen MR) is 66.9 cm³/mol. The van der Waals surface area contributed by atoms with Crippen molar-refractivity contribution in [3.63, 3.8) is 0 Å².